The molecular formula is C30H28O6. The van der Waals surface area contributed by atoms with Crippen LogP contribution in [0.25, 0.3) is 11.1 Å². The van der Waals surface area contributed by atoms with Crippen LogP contribution in [0.2, 0.25) is 0 Å². The summed E-state index contributed by atoms with van der Waals surface area (Å²) in [7, 11) is 3.14. The standard InChI is InChI=1S/C30H28O6/c1-34-25-15-20-8-7-19-14-24(11-12-26(19)29(20)27(33)17-25)36-30-21(13-23(32)16-28(30)35-2)6-3-18-4-9-22(31)10-5-18/h4-5,9-17,31-33H,3,6-8H2,1-2H3. The van der Waals surface area contributed by atoms with Gasteiger partial charge in [-0.1, -0.05) is 18.2 Å². The van der Waals surface area contributed by atoms with Crippen LogP contribution in [0, 0.1) is 0 Å². The molecule has 0 spiro atoms. The number of aromatic hydroxyl groups is 3. The van der Waals surface area contributed by atoms with Crippen LogP contribution in [0.5, 0.6) is 40.2 Å². The highest BCUT2D eigenvalue weighted by molar-refractivity contribution is 5.80. The van der Waals surface area contributed by atoms with E-state index in [0.717, 1.165) is 46.2 Å². The number of rotatable bonds is 7. The number of aryl methyl sites for hydroxylation is 4. The molecule has 1 aliphatic rings. The van der Waals surface area contributed by atoms with E-state index in [-0.39, 0.29) is 17.2 Å². The highest BCUT2D eigenvalue weighted by Crippen LogP contribution is 2.44. The number of phenolic OH excluding ortho intramolecular Hbond substituents is 3. The van der Waals surface area contributed by atoms with Crippen LogP contribution in [0.4, 0.5) is 0 Å². The summed E-state index contributed by atoms with van der Waals surface area (Å²) >= 11 is 0. The van der Waals surface area contributed by atoms with E-state index in [9.17, 15) is 15.3 Å². The van der Waals surface area contributed by atoms with Crippen molar-refractivity contribution in [2.24, 2.45) is 0 Å². The van der Waals surface area contributed by atoms with E-state index in [1.54, 1.807) is 44.6 Å². The number of methoxy groups -OCH3 is 2. The smallest absolute Gasteiger partial charge is 0.172 e. The minimum absolute atomic E-state index is 0.104. The maximum absolute atomic E-state index is 10.7. The molecule has 1 aliphatic carbocycles. The van der Waals surface area contributed by atoms with Crippen LogP contribution in [0.15, 0.2) is 66.7 Å². The second-order valence-corrected chi connectivity index (χ2v) is 8.90. The number of hydrogen-bond donors (Lipinski definition) is 3. The first kappa shape index (κ1) is 23.4. The van der Waals surface area contributed by atoms with Crippen molar-refractivity contribution in [3.8, 4) is 51.4 Å². The van der Waals surface area contributed by atoms with Gasteiger partial charge in [0.1, 0.15) is 28.7 Å². The number of benzene rings is 4. The van der Waals surface area contributed by atoms with Crippen molar-refractivity contribution in [2.75, 3.05) is 14.2 Å². The molecule has 0 aromatic heterocycles. The lowest BCUT2D eigenvalue weighted by Gasteiger charge is -2.23. The van der Waals surface area contributed by atoms with Gasteiger partial charge < -0.3 is 29.5 Å². The fourth-order valence-corrected chi connectivity index (χ4v) is 4.79. The zero-order chi connectivity index (χ0) is 25.2. The lowest BCUT2D eigenvalue weighted by molar-refractivity contribution is 0.371. The van der Waals surface area contributed by atoms with Crippen LogP contribution in [-0.2, 0) is 25.7 Å². The van der Waals surface area contributed by atoms with Gasteiger partial charge in [-0.15, -0.1) is 0 Å². The molecule has 36 heavy (non-hydrogen) atoms. The summed E-state index contributed by atoms with van der Waals surface area (Å²) in [6.07, 6.45) is 2.91. The number of phenols is 3. The Morgan fingerprint density at radius 3 is 2.19 bits per heavy atom. The molecule has 3 N–H and O–H groups in total. The van der Waals surface area contributed by atoms with Crippen molar-refractivity contribution >= 4 is 0 Å². The summed E-state index contributed by atoms with van der Waals surface area (Å²) in [4.78, 5) is 0. The van der Waals surface area contributed by atoms with Crippen LogP contribution >= 0.6 is 0 Å². The Bertz CT molecular complexity index is 1410. The van der Waals surface area contributed by atoms with Crippen molar-refractivity contribution in [2.45, 2.75) is 25.7 Å². The third kappa shape index (κ3) is 4.62. The number of hydrogen-bond acceptors (Lipinski definition) is 6. The average molecular weight is 485 g/mol. The molecule has 0 unspecified atom stereocenters. The van der Waals surface area contributed by atoms with Crippen molar-refractivity contribution in [3.05, 3.63) is 89.0 Å². The summed E-state index contributed by atoms with van der Waals surface area (Å²) in [6.45, 7) is 0. The Balaban J connectivity index is 1.46. The Morgan fingerprint density at radius 1 is 0.694 bits per heavy atom. The molecule has 0 amide bonds. The largest absolute Gasteiger partial charge is 0.508 e. The predicted octanol–water partition coefficient (Wildman–Crippen LogP) is 6.16. The number of ether oxygens (including phenoxy) is 3. The second kappa shape index (κ2) is 9.74. The van der Waals surface area contributed by atoms with Gasteiger partial charge in [-0.2, -0.15) is 0 Å². The van der Waals surface area contributed by atoms with E-state index < -0.39 is 0 Å². The van der Waals surface area contributed by atoms with Gasteiger partial charge >= 0.3 is 0 Å². The minimum Gasteiger partial charge on any atom is -0.508 e. The molecule has 0 atom stereocenters. The van der Waals surface area contributed by atoms with E-state index in [4.69, 9.17) is 14.2 Å². The highest BCUT2D eigenvalue weighted by atomic mass is 16.5. The highest BCUT2D eigenvalue weighted by Gasteiger charge is 2.22. The Kier molecular flexibility index (Phi) is 6.34. The second-order valence-electron chi connectivity index (χ2n) is 8.90. The molecule has 0 bridgehead atoms. The van der Waals surface area contributed by atoms with E-state index in [1.807, 2.05) is 36.4 Å². The third-order valence-corrected chi connectivity index (χ3v) is 6.59. The molecule has 184 valence electrons. The molecular weight excluding hydrogens is 456 g/mol. The summed E-state index contributed by atoms with van der Waals surface area (Å²) in [5.41, 5.74) is 5.83. The first-order valence-electron chi connectivity index (χ1n) is 11.8. The van der Waals surface area contributed by atoms with Crippen LogP contribution in [0.1, 0.15) is 22.3 Å². The zero-order valence-corrected chi connectivity index (χ0v) is 20.2. The maximum atomic E-state index is 10.7. The summed E-state index contributed by atoms with van der Waals surface area (Å²) < 4.78 is 17.2. The average Bonchev–Trinajstić information content (AvgIpc) is 2.88. The first-order chi connectivity index (χ1) is 17.4. The molecule has 0 aliphatic heterocycles. The van der Waals surface area contributed by atoms with E-state index >= 15 is 0 Å². The summed E-state index contributed by atoms with van der Waals surface area (Å²) in [5.74, 6) is 2.84. The molecule has 0 fully saturated rings. The van der Waals surface area contributed by atoms with Gasteiger partial charge in [-0.05, 0) is 84.3 Å². The molecule has 0 saturated heterocycles. The molecule has 0 radical (unpaired) electrons. The molecule has 0 heterocycles. The van der Waals surface area contributed by atoms with Crippen LogP contribution < -0.4 is 14.2 Å². The molecule has 0 saturated carbocycles. The van der Waals surface area contributed by atoms with Crippen molar-refractivity contribution in [3.63, 3.8) is 0 Å². The van der Waals surface area contributed by atoms with E-state index in [0.29, 0.717) is 35.8 Å². The summed E-state index contributed by atoms with van der Waals surface area (Å²) in [6, 6.07) is 19.8. The molecule has 6 nitrogen and oxygen atoms in total. The molecule has 4 aromatic carbocycles. The van der Waals surface area contributed by atoms with Gasteiger partial charge in [-0.25, -0.2) is 0 Å². The Hall–Kier alpha value is -4.32. The van der Waals surface area contributed by atoms with Crippen LogP contribution in [0.3, 0.4) is 0 Å². The SMILES string of the molecule is COc1cc(O)c2c(c1)CCc1cc(Oc3c(CCc4ccc(O)cc4)cc(O)cc3OC)ccc1-2. The summed E-state index contributed by atoms with van der Waals surface area (Å²) in [5, 5.41) is 30.5. The molecule has 5 rings (SSSR count). The first-order valence-corrected chi connectivity index (χ1v) is 11.8. The minimum atomic E-state index is 0.104. The molecule has 4 aromatic rings. The monoisotopic (exact) mass is 484 g/mol. The van der Waals surface area contributed by atoms with Gasteiger partial charge in [-0.3, -0.25) is 0 Å². The molecule has 6 heteroatoms. The Morgan fingerprint density at radius 2 is 1.44 bits per heavy atom. The van der Waals surface area contributed by atoms with Crippen molar-refractivity contribution in [1.82, 2.24) is 0 Å². The third-order valence-electron chi connectivity index (χ3n) is 6.59. The van der Waals surface area contributed by atoms with Crippen LogP contribution in [-0.4, -0.2) is 29.5 Å². The lowest BCUT2D eigenvalue weighted by atomic mass is 9.85. The quantitative estimate of drug-likeness (QED) is 0.291. The van der Waals surface area contributed by atoms with Crippen molar-refractivity contribution in [1.29, 1.82) is 0 Å². The van der Waals surface area contributed by atoms with Gasteiger partial charge in [0.2, 0.25) is 0 Å². The van der Waals surface area contributed by atoms with Gasteiger partial charge in [0, 0.05) is 23.3 Å². The normalized spacial score (nSPS) is 11.9. The maximum Gasteiger partial charge on any atom is 0.172 e. The zero-order valence-electron chi connectivity index (χ0n) is 20.2. The van der Waals surface area contributed by atoms with Gasteiger partial charge in [0.25, 0.3) is 0 Å². The van der Waals surface area contributed by atoms with Crippen molar-refractivity contribution < 1.29 is 29.5 Å². The number of fused-ring (bicyclic) bond motifs is 3. The van der Waals surface area contributed by atoms with E-state index in [2.05, 4.69) is 0 Å². The fourth-order valence-electron chi connectivity index (χ4n) is 4.79. The lowest BCUT2D eigenvalue weighted by Crippen LogP contribution is -2.05. The topological polar surface area (TPSA) is 88.4 Å². The Labute approximate surface area is 210 Å². The van der Waals surface area contributed by atoms with E-state index in [1.165, 1.54) is 0 Å². The van der Waals surface area contributed by atoms with Gasteiger partial charge in [0.15, 0.2) is 11.5 Å². The van der Waals surface area contributed by atoms with Gasteiger partial charge in [0.05, 0.1) is 14.2 Å². The predicted molar refractivity (Wildman–Crippen MR) is 138 cm³/mol. The fraction of sp³-hybridized carbons (Fsp3) is 0.200.